The van der Waals surface area contributed by atoms with Crippen LogP contribution in [0.5, 0.6) is 0 Å². The number of halogens is 2. The molecule has 0 radical (unpaired) electrons. The first-order chi connectivity index (χ1) is 7.90. The third-order valence-corrected chi connectivity index (χ3v) is 4.27. The van der Waals surface area contributed by atoms with Crippen LogP contribution in [-0.4, -0.2) is 26.2 Å². The van der Waals surface area contributed by atoms with E-state index < -0.39 is 26.8 Å². The van der Waals surface area contributed by atoms with Gasteiger partial charge in [0.05, 0.1) is 6.61 Å². The first kappa shape index (κ1) is 14.6. The van der Waals surface area contributed by atoms with Crippen molar-refractivity contribution in [1.82, 2.24) is 4.72 Å². The van der Waals surface area contributed by atoms with Crippen molar-refractivity contribution < 1.29 is 17.9 Å². The SMILES string of the molecule is CC[C@@H](CO)NS(=O)(=O)c1ccc(Br)cc1F. The van der Waals surface area contributed by atoms with Gasteiger partial charge in [0.1, 0.15) is 10.7 Å². The Hall–Kier alpha value is -0.500. The third kappa shape index (κ3) is 3.74. The number of aliphatic hydroxyl groups is 1. The van der Waals surface area contributed by atoms with Crippen LogP contribution in [0.4, 0.5) is 4.39 Å². The number of hydrogen-bond acceptors (Lipinski definition) is 3. The predicted octanol–water partition coefficient (Wildman–Crippen LogP) is 1.64. The zero-order valence-corrected chi connectivity index (χ0v) is 11.6. The molecule has 0 aliphatic rings. The molecule has 0 aliphatic heterocycles. The molecule has 1 aromatic rings. The molecule has 0 amide bonds. The second-order valence-corrected chi connectivity index (χ2v) is 6.08. The number of nitrogens with one attached hydrogen (secondary N) is 1. The summed E-state index contributed by atoms with van der Waals surface area (Å²) >= 11 is 3.05. The number of sulfonamides is 1. The molecular formula is C10H13BrFNO3S. The summed E-state index contributed by atoms with van der Waals surface area (Å²) in [6.07, 6.45) is 0.424. The van der Waals surface area contributed by atoms with Crippen LogP contribution in [0.15, 0.2) is 27.6 Å². The summed E-state index contributed by atoms with van der Waals surface area (Å²) in [7, 11) is -3.94. The van der Waals surface area contributed by atoms with Gasteiger partial charge in [-0.05, 0) is 24.6 Å². The van der Waals surface area contributed by atoms with Gasteiger partial charge in [0.15, 0.2) is 0 Å². The van der Waals surface area contributed by atoms with Crippen LogP contribution in [0.2, 0.25) is 0 Å². The summed E-state index contributed by atoms with van der Waals surface area (Å²) in [5.74, 6) is -0.834. The topological polar surface area (TPSA) is 66.4 Å². The van der Waals surface area contributed by atoms with Gasteiger partial charge in [-0.3, -0.25) is 0 Å². The average Bonchev–Trinajstić information content (AvgIpc) is 2.25. The molecular weight excluding hydrogens is 313 g/mol. The van der Waals surface area contributed by atoms with Gasteiger partial charge < -0.3 is 5.11 Å². The van der Waals surface area contributed by atoms with Gasteiger partial charge in [-0.2, -0.15) is 0 Å². The highest BCUT2D eigenvalue weighted by Gasteiger charge is 2.22. The number of benzene rings is 1. The molecule has 7 heteroatoms. The van der Waals surface area contributed by atoms with Crippen molar-refractivity contribution in [3.05, 3.63) is 28.5 Å². The quantitative estimate of drug-likeness (QED) is 0.864. The monoisotopic (exact) mass is 325 g/mol. The van der Waals surface area contributed by atoms with Gasteiger partial charge in [0.2, 0.25) is 10.0 Å². The number of rotatable bonds is 5. The molecule has 1 atom stereocenters. The average molecular weight is 326 g/mol. The van der Waals surface area contributed by atoms with E-state index in [9.17, 15) is 12.8 Å². The van der Waals surface area contributed by atoms with Gasteiger partial charge in [-0.1, -0.05) is 22.9 Å². The van der Waals surface area contributed by atoms with Crippen molar-refractivity contribution in [3.8, 4) is 0 Å². The molecule has 0 unspecified atom stereocenters. The van der Waals surface area contributed by atoms with E-state index >= 15 is 0 Å². The zero-order chi connectivity index (χ0) is 13.1. The summed E-state index contributed by atoms with van der Waals surface area (Å²) in [4.78, 5) is -0.424. The Labute approximate surface area is 108 Å². The zero-order valence-electron chi connectivity index (χ0n) is 9.15. The highest BCUT2D eigenvalue weighted by molar-refractivity contribution is 9.10. The molecule has 1 aromatic carbocycles. The minimum atomic E-state index is -3.94. The maximum Gasteiger partial charge on any atom is 0.243 e. The Morgan fingerprint density at radius 2 is 2.18 bits per heavy atom. The van der Waals surface area contributed by atoms with Crippen LogP contribution in [0.25, 0.3) is 0 Å². The Balaban J connectivity index is 3.05. The fraction of sp³-hybridized carbons (Fsp3) is 0.400. The van der Waals surface area contributed by atoms with Crippen molar-refractivity contribution in [3.63, 3.8) is 0 Å². The van der Waals surface area contributed by atoms with Gasteiger partial charge in [-0.15, -0.1) is 0 Å². The molecule has 0 saturated carbocycles. The number of aliphatic hydroxyl groups excluding tert-OH is 1. The maximum absolute atomic E-state index is 13.5. The Morgan fingerprint density at radius 3 is 2.65 bits per heavy atom. The first-order valence-corrected chi connectivity index (χ1v) is 7.26. The summed E-state index contributed by atoms with van der Waals surface area (Å²) < 4.78 is 39.8. The highest BCUT2D eigenvalue weighted by Crippen LogP contribution is 2.19. The molecule has 1 rings (SSSR count). The molecule has 0 fully saturated rings. The van der Waals surface area contributed by atoms with Gasteiger partial charge in [0.25, 0.3) is 0 Å². The first-order valence-electron chi connectivity index (χ1n) is 4.99. The summed E-state index contributed by atoms with van der Waals surface area (Å²) in [5.41, 5.74) is 0. The van der Waals surface area contributed by atoms with E-state index in [2.05, 4.69) is 20.7 Å². The van der Waals surface area contributed by atoms with E-state index in [1.165, 1.54) is 12.1 Å². The summed E-state index contributed by atoms with van der Waals surface area (Å²) in [6.45, 7) is 1.40. The lowest BCUT2D eigenvalue weighted by Crippen LogP contribution is -2.37. The van der Waals surface area contributed by atoms with E-state index in [-0.39, 0.29) is 6.61 Å². The van der Waals surface area contributed by atoms with Crippen LogP contribution < -0.4 is 4.72 Å². The molecule has 0 heterocycles. The normalized spacial score (nSPS) is 13.6. The second kappa shape index (κ2) is 5.90. The van der Waals surface area contributed by atoms with Crippen molar-refractivity contribution in [2.24, 2.45) is 0 Å². The largest absolute Gasteiger partial charge is 0.395 e. The molecule has 0 spiro atoms. The predicted molar refractivity (Wildman–Crippen MR) is 65.6 cm³/mol. The highest BCUT2D eigenvalue weighted by atomic mass is 79.9. The lowest BCUT2D eigenvalue weighted by atomic mass is 10.3. The minimum Gasteiger partial charge on any atom is -0.395 e. The third-order valence-electron chi connectivity index (χ3n) is 2.22. The van der Waals surface area contributed by atoms with Crippen molar-refractivity contribution in [2.45, 2.75) is 24.3 Å². The van der Waals surface area contributed by atoms with Crippen LogP contribution in [0.3, 0.4) is 0 Å². The van der Waals surface area contributed by atoms with Gasteiger partial charge in [-0.25, -0.2) is 17.5 Å². The van der Waals surface area contributed by atoms with E-state index in [0.29, 0.717) is 10.9 Å². The van der Waals surface area contributed by atoms with Crippen LogP contribution in [0, 0.1) is 5.82 Å². The van der Waals surface area contributed by atoms with Gasteiger partial charge in [0, 0.05) is 10.5 Å². The molecule has 0 aliphatic carbocycles. The second-order valence-electron chi connectivity index (χ2n) is 3.48. The molecule has 2 N–H and O–H groups in total. The standard InChI is InChI=1S/C10H13BrFNO3S/c1-2-8(6-14)13-17(15,16)10-4-3-7(11)5-9(10)12/h3-5,8,13-14H,2,6H2,1H3/t8-/m0/s1. The lowest BCUT2D eigenvalue weighted by Gasteiger charge is -2.14. The molecule has 0 bridgehead atoms. The minimum absolute atomic E-state index is 0.326. The van der Waals surface area contributed by atoms with E-state index in [4.69, 9.17) is 5.11 Å². The molecule has 96 valence electrons. The fourth-order valence-electron chi connectivity index (χ4n) is 1.23. The van der Waals surface area contributed by atoms with Crippen LogP contribution >= 0.6 is 15.9 Å². The molecule has 17 heavy (non-hydrogen) atoms. The molecule has 0 aromatic heterocycles. The van der Waals surface area contributed by atoms with Crippen molar-refractivity contribution in [1.29, 1.82) is 0 Å². The maximum atomic E-state index is 13.5. The summed E-state index contributed by atoms with van der Waals surface area (Å²) in [6, 6.07) is 3.08. The van der Waals surface area contributed by atoms with Crippen molar-refractivity contribution >= 4 is 26.0 Å². The smallest absolute Gasteiger partial charge is 0.243 e. The summed E-state index contributed by atoms with van der Waals surface area (Å²) in [5, 5.41) is 8.92. The lowest BCUT2D eigenvalue weighted by molar-refractivity contribution is 0.253. The molecule has 0 saturated heterocycles. The Morgan fingerprint density at radius 1 is 1.53 bits per heavy atom. The van der Waals surface area contributed by atoms with Gasteiger partial charge >= 0.3 is 0 Å². The van der Waals surface area contributed by atoms with E-state index in [1.807, 2.05) is 0 Å². The Bertz CT molecular complexity index is 488. The van der Waals surface area contributed by atoms with E-state index in [1.54, 1.807) is 6.92 Å². The fourth-order valence-corrected chi connectivity index (χ4v) is 2.93. The Kier molecular flexibility index (Phi) is 5.05. The number of hydrogen-bond donors (Lipinski definition) is 2. The van der Waals surface area contributed by atoms with Crippen LogP contribution in [-0.2, 0) is 10.0 Å². The van der Waals surface area contributed by atoms with E-state index in [0.717, 1.165) is 6.07 Å². The van der Waals surface area contributed by atoms with Crippen molar-refractivity contribution in [2.75, 3.05) is 6.61 Å². The van der Waals surface area contributed by atoms with Crippen LogP contribution in [0.1, 0.15) is 13.3 Å². The molecule has 4 nitrogen and oxygen atoms in total.